The van der Waals surface area contributed by atoms with Crippen LogP contribution in [0.25, 0.3) is 11.0 Å². The molecule has 0 saturated carbocycles. The zero-order chi connectivity index (χ0) is 17.0. The van der Waals surface area contributed by atoms with E-state index in [0.717, 1.165) is 23.0 Å². The summed E-state index contributed by atoms with van der Waals surface area (Å²) in [5.74, 6) is -0.396. The highest BCUT2D eigenvalue weighted by Crippen LogP contribution is 2.23. The Morgan fingerprint density at radius 2 is 1.91 bits per heavy atom. The van der Waals surface area contributed by atoms with Gasteiger partial charge in [-0.1, -0.05) is 19.1 Å². The Balaban J connectivity index is 1.94. The van der Waals surface area contributed by atoms with E-state index in [1.54, 1.807) is 6.26 Å². The number of benzene rings is 1. The van der Waals surface area contributed by atoms with Crippen molar-refractivity contribution in [3.63, 3.8) is 0 Å². The van der Waals surface area contributed by atoms with E-state index in [0.29, 0.717) is 0 Å². The maximum absolute atomic E-state index is 12.0. The highest BCUT2D eigenvalue weighted by Gasteiger charge is 2.15. The Bertz CT molecular complexity index is 711. The number of furan rings is 1. The summed E-state index contributed by atoms with van der Waals surface area (Å²) in [4.78, 5) is 23.7. The van der Waals surface area contributed by atoms with Crippen LogP contribution in [0.1, 0.15) is 38.8 Å². The third-order valence-electron chi connectivity index (χ3n) is 3.44. The average molecular weight is 316 g/mol. The van der Waals surface area contributed by atoms with Crippen molar-refractivity contribution >= 4 is 22.8 Å². The van der Waals surface area contributed by atoms with Gasteiger partial charge in [-0.15, -0.1) is 0 Å². The second kappa shape index (κ2) is 6.86. The molecule has 0 unspecified atom stereocenters. The molecule has 0 saturated heterocycles. The van der Waals surface area contributed by atoms with Crippen LogP contribution in [0.4, 0.5) is 0 Å². The van der Waals surface area contributed by atoms with Crippen LogP contribution in [-0.4, -0.2) is 23.9 Å². The van der Waals surface area contributed by atoms with E-state index in [1.807, 2.05) is 39.0 Å². The monoisotopic (exact) mass is 316 g/mol. The smallest absolute Gasteiger partial charge is 0.239 e. The first-order valence-corrected chi connectivity index (χ1v) is 7.85. The second-order valence-electron chi connectivity index (χ2n) is 6.70. The van der Waals surface area contributed by atoms with Crippen molar-refractivity contribution in [2.24, 2.45) is 0 Å². The lowest BCUT2D eigenvalue weighted by Crippen LogP contribution is -2.46. The molecule has 2 amide bonds. The molecule has 1 heterocycles. The average Bonchev–Trinajstić information content (AvgIpc) is 2.85. The minimum atomic E-state index is -0.306. The number of carbonyl (C=O) groups is 2. The lowest BCUT2D eigenvalue weighted by atomic mass is 10.1. The lowest BCUT2D eigenvalue weighted by Gasteiger charge is -2.20. The van der Waals surface area contributed by atoms with Crippen LogP contribution in [-0.2, 0) is 22.4 Å². The highest BCUT2D eigenvalue weighted by atomic mass is 16.3. The molecule has 0 bridgehead atoms. The van der Waals surface area contributed by atoms with Crippen molar-refractivity contribution < 1.29 is 14.0 Å². The van der Waals surface area contributed by atoms with Gasteiger partial charge in [0.05, 0.1) is 19.2 Å². The van der Waals surface area contributed by atoms with Gasteiger partial charge in [-0.2, -0.15) is 0 Å². The van der Waals surface area contributed by atoms with Crippen LogP contribution in [0.5, 0.6) is 0 Å². The van der Waals surface area contributed by atoms with Crippen molar-refractivity contribution in [2.45, 2.75) is 46.1 Å². The zero-order valence-corrected chi connectivity index (χ0v) is 14.2. The summed E-state index contributed by atoms with van der Waals surface area (Å²) >= 11 is 0. The summed E-state index contributed by atoms with van der Waals surface area (Å²) in [6.45, 7) is 7.76. The fraction of sp³-hybridized carbons (Fsp3) is 0.444. The third-order valence-corrected chi connectivity index (χ3v) is 3.44. The predicted octanol–water partition coefficient (Wildman–Crippen LogP) is 2.57. The Kier molecular flexibility index (Phi) is 5.08. The van der Waals surface area contributed by atoms with Gasteiger partial charge in [-0.05, 0) is 38.8 Å². The molecule has 0 atom stereocenters. The second-order valence-corrected chi connectivity index (χ2v) is 6.70. The first-order valence-electron chi connectivity index (χ1n) is 7.85. The normalized spacial score (nSPS) is 11.5. The number of carbonyl (C=O) groups excluding carboxylic acids is 2. The minimum absolute atomic E-state index is 0.0220. The van der Waals surface area contributed by atoms with Crippen LogP contribution in [0.3, 0.4) is 0 Å². The fourth-order valence-electron chi connectivity index (χ4n) is 2.36. The minimum Gasteiger partial charge on any atom is -0.464 e. The van der Waals surface area contributed by atoms with Gasteiger partial charge in [0.1, 0.15) is 5.58 Å². The molecule has 5 heteroatoms. The molecule has 1 aromatic heterocycles. The Morgan fingerprint density at radius 1 is 1.17 bits per heavy atom. The lowest BCUT2D eigenvalue weighted by molar-refractivity contribution is -0.126. The SMILES string of the molecule is CCc1ccc2c(CC(=O)NCC(=O)NC(C)(C)C)coc2c1. The van der Waals surface area contributed by atoms with Gasteiger partial charge in [0.25, 0.3) is 0 Å². The Morgan fingerprint density at radius 3 is 2.57 bits per heavy atom. The van der Waals surface area contributed by atoms with Gasteiger partial charge in [0.2, 0.25) is 11.8 Å². The molecule has 0 aliphatic carbocycles. The van der Waals surface area contributed by atoms with E-state index in [9.17, 15) is 9.59 Å². The molecule has 5 nitrogen and oxygen atoms in total. The third kappa shape index (κ3) is 4.84. The van der Waals surface area contributed by atoms with Crippen LogP contribution in [0, 0.1) is 0 Å². The first kappa shape index (κ1) is 17.1. The summed E-state index contributed by atoms with van der Waals surface area (Å²) in [7, 11) is 0. The molecule has 0 aliphatic heterocycles. The zero-order valence-electron chi connectivity index (χ0n) is 14.2. The Labute approximate surface area is 136 Å². The number of hydrogen-bond acceptors (Lipinski definition) is 3. The summed E-state index contributed by atoms with van der Waals surface area (Å²) in [5, 5.41) is 6.38. The summed E-state index contributed by atoms with van der Waals surface area (Å²) in [6.07, 6.45) is 2.75. The van der Waals surface area contributed by atoms with E-state index in [2.05, 4.69) is 17.6 Å². The maximum atomic E-state index is 12.0. The fourth-order valence-corrected chi connectivity index (χ4v) is 2.36. The molecule has 0 spiro atoms. The topological polar surface area (TPSA) is 71.3 Å². The molecule has 0 fully saturated rings. The molecule has 0 radical (unpaired) electrons. The van der Waals surface area contributed by atoms with E-state index in [-0.39, 0.29) is 30.3 Å². The summed E-state index contributed by atoms with van der Waals surface area (Å²) in [6, 6.07) is 6.01. The van der Waals surface area contributed by atoms with Crippen LogP contribution in [0.15, 0.2) is 28.9 Å². The largest absolute Gasteiger partial charge is 0.464 e. The molecule has 124 valence electrons. The number of hydrogen-bond donors (Lipinski definition) is 2. The van der Waals surface area contributed by atoms with Crippen molar-refractivity contribution in [3.8, 4) is 0 Å². The molecule has 23 heavy (non-hydrogen) atoms. The molecule has 2 N–H and O–H groups in total. The molecule has 2 aromatic rings. The van der Waals surface area contributed by atoms with Crippen LogP contribution < -0.4 is 10.6 Å². The molecule has 1 aromatic carbocycles. The van der Waals surface area contributed by atoms with E-state index in [4.69, 9.17) is 4.42 Å². The van der Waals surface area contributed by atoms with E-state index < -0.39 is 0 Å². The van der Waals surface area contributed by atoms with Gasteiger partial charge in [0, 0.05) is 16.5 Å². The van der Waals surface area contributed by atoms with Gasteiger partial charge >= 0.3 is 0 Å². The van der Waals surface area contributed by atoms with Gasteiger partial charge in [-0.3, -0.25) is 9.59 Å². The van der Waals surface area contributed by atoms with Crippen molar-refractivity contribution in [1.29, 1.82) is 0 Å². The Hall–Kier alpha value is -2.30. The number of rotatable bonds is 5. The summed E-state index contributed by atoms with van der Waals surface area (Å²) in [5.41, 5.74) is 2.51. The quantitative estimate of drug-likeness (QED) is 0.890. The molecule has 0 aliphatic rings. The van der Waals surface area contributed by atoms with Gasteiger partial charge in [-0.25, -0.2) is 0 Å². The molecule has 2 rings (SSSR count). The number of nitrogens with one attached hydrogen (secondary N) is 2. The maximum Gasteiger partial charge on any atom is 0.239 e. The number of aryl methyl sites for hydroxylation is 1. The molecular weight excluding hydrogens is 292 g/mol. The summed E-state index contributed by atoms with van der Waals surface area (Å²) < 4.78 is 5.52. The van der Waals surface area contributed by atoms with Crippen molar-refractivity contribution in [3.05, 3.63) is 35.6 Å². The van der Waals surface area contributed by atoms with Crippen LogP contribution in [0.2, 0.25) is 0 Å². The van der Waals surface area contributed by atoms with E-state index in [1.165, 1.54) is 5.56 Å². The first-order chi connectivity index (χ1) is 10.8. The van der Waals surface area contributed by atoms with Crippen LogP contribution >= 0.6 is 0 Å². The standard InChI is InChI=1S/C18H24N2O3/c1-5-12-6-7-14-13(11-23-15(14)8-12)9-16(21)19-10-17(22)20-18(2,3)4/h6-8,11H,5,9-10H2,1-4H3,(H,19,21)(H,20,22). The highest BCUT2D eigenvalue weighted by molar-refractivity contribution is 5.90. The van der Waals surface area contributed by atoms with Crippen molar-refractivity contribution in [2.75, 3.05) is 6.54 Å². The predicted molar refractivity (Wildman–Crippen MR) is 90.2 cm³/mol. The number of amides is 2. The van der Waals surface area contributed by atoms with Gasteiger partial charge < -0.3 is 15.1 Å². The van der Waals surface area contributed by atoms with Gasteiger partial charge in [0.15, 0.2) is 0 Å². The van der Waals surface area contributed by atoms with Crippen molar-refractivity contribution in [1.82, 2.24) is 10.6 Å². The molecular formula is C18H24N2O3. The van der Waals surface area contributed by atoms with E-state index >= 15 is 0 Å². The number of fused-ring (bicyclic) bond motifs is 1.